The second-order valence-corrected chi connectivity index (χ2v) is 5.18. The first kappa shape index (κ1) is 11.3. The summed E-state index contributed by atoms with van der Waals surface area (Å²) in [5.74, 6) is 1.62. The Kier molecular flexibility index (Phi) is 2.83. The molecule has 0 aliphatic carbocycles. The lowest BCUT2D eigenvalue weighted by atomic mass is 10.1. The number of hydrogen-bond donors (Lipinski definition) is 1. The van der Waals surface area contributed by atoms with Crippen LogP contribution in [0.15, 0.2) is 23.7 Å². The van der Waals surface area contributed by atoms with Gasteiger partial charge in [0.25, 0.3) is 0 Å². The number of benzene rings is 1. The lowest BCUT2D eigenvalue weighted by Crippen LogP contribution is -2.07. The number of anilines is 1. The molecule has 1 atom stereocenters. The fourth-order valence-corrected chi connectivity index (χ4v) is 2.59. The van der Waals surface area contributed by atoms with Crippen molar-refractivity contribution in [3.05, 3.63) is 34.3 Å². The standard InChI is InChI=1S/C13H14N2O2S/c1-8-5-11-12(17-7-16-11)6-10(8)15-9(2)13-14-3-4-18-13/h3-6,9,15H,7H2,1-2H3. The van der Waals surface area contributed by atoms with Gasteiger partial charge in [-0.25, -0.2) is 4.98 Å². The zero-order valence-electron chi connectivity index (χ0n) is 10.3. The number of fused-ring (bicyclic) bond motifs is 1. The minimum atomic E-state index is 0.184. The van der Waals surface area contributed by atoms with Crippen molar-refractivity contribution < 1.29 is 9.47 Å². The lowest BCUT2D eigenvalue weighted by molar-refractivity contribution is 0.174. The summed E-state index contributed by atoms with van der Waals surface area (Å²) in [5.41, 5.74) is 2.20. The number of ether oxygens (including phenoxy) is 2. The van der Waals surface area contributed by atoms with Crippen LogP contribution < -0.4 is 14.8 Å². The topological polar surface area (TPSA) is 43.4 Å². The van der Waals surface area contributed by atoms with Crippen molar-refractivity contribution >= 4 is 17.0 Å². The summed E-state index contributed by atoms with van der Waals surface area (Å²) in [6.45, 7) is 4.46. The van der Waals surface area contributed by atoms with Gasteiger partial charge in [-0.2, -0.15) is 0 Å². The van der Waals surface area contributed by atoms with Gasteiger partial charge in [-0.15, -0.1) is 11.3 Å². The first-order valence-electron chi connectivity index (χ1n) is 5.80. The van der Waals surface area contributed by atoms with Crippen LogP contribution in [0, 0.1) is 6.92 Å². The Morgan fingerprint density at radius 3 is 2.83 bits per heavy atom. The second kappa shape index (κ2) is 4.49. The third-order valence-electron chi connectivity index (χ3n) is 2.91. The molecule has 0 saturated carbocycles. The molecule has 1 aromatic carbocycles. The molecule has 5 heteroatoms. The van der Waals surface area contributed by atoms with Gasteiger partial charge in [0.1, 0.15) is 5.01 Å². The van der Waals surface area contributed by atoms with Crippen LogP contribution in [0.1, 0.15) is 23.5 Å². The molecule has 0 fully saturated rings. The summed E-state index contributed by atoms with van der Waals surface area (Å²) >= 11 is 1.65. The average Bonchev–Trinajstić information content (AvgIpc) is 2.98. The molecule has 1 unspecified atom stereocenters. The van der Waals surface area contributed by atoms with Crippen LogP contribution >= 0.6 is 11.3 Å². The molecule has 18 heavy (non-hydrogen) atoms. The molecule has 0 amide bonds. The van der Waals surface area contributed by atoms with E-state index in [2.05, 4.69) is 24.1 Å². The second-order valence-electron chi connectivity index (χ2n) is 4.26. The van der Waals surface area contributed by atoms with E-state index in [0.717, 1.165) is 27.8 Å². The maximum Gasteiger partial charge on any atom is 0.231 e. The number of aromatic nitrogens is 1. The molecule has 0 radical (unpaired) electrons. The van der Waals surface area contributed by atoms with Crippen LogP contribution in [0.5, 0.6) is 11.5 Å². The van der Waals surface area contributed by atoms with Crippen LogP contribution in [-0.4, -0.2) is 11.8 Å². The number of rotatable bonds is 3. The molecule has 0 spiro atoms. The van der Waals surface area contributed by atoms with E-state index in [1.165, 1.54) is 0 Å². The Balaban J connectivity index is 1.85. The molecule has 3 rings (SSSR count). The summed E-state index contributed by atoms with van der Waals surface area (Å²) in [5, 5.41) is 6.52. The summed E-state index contributed by atoms with van der Waals surface area (Å²) in [4.78, 5) is 4.31. The molecular formula is C13H14N2O2S. The summed E-state index contributed by atoms with van der Waals surface area (Å²) in [6, 6.07) is 4.17. The molecule has 0 bridgehead atoms. The largest absolute Gasteiger partial charge is 0.454 e. The zero-order chi connectivity index (χ0) is 12.5. The highest BCUT2D eigenvalue weighted by molar-refractivity contribution is 7.09. The Hall–Kier alpha value is -1.75. The fraction of sp³-hybridized carbons (Fsp3) is 0.308. The first-order chi connectivity index (χ1) is 8.74. The zero-order valence-corrected chi connectivity index (χ0v) is 11.1. The van der Waals surface area contributed by atoms with Crippen molar-refractivity contribution in [2.75, 3.05) is 12.1 Å². The van der Waals surface area contributed by atoms with Gasteiger partial charge in [0.2, 0.25) is 6.79 Å². The van der Waals surface area contributed by atoms with Crippen molar-refractivity contribution in [1.29, 1.82) is 0 Å². The third kappa shape index (κ3) is 2.01. The maximum atomic E-state index is 5.39. The quantitative estimate of drug-likeness (QED) is 0.921. The van der Waals surface area contributed by atoms with Gasteiger partial charge in [0, 0.05) is 23.3 Å². The van der Waals surface area contributed by atoms with Crippen molar-refractivity contribution in [3.63, 3.8) is 0 Å². The Labute approximate surface area is 110 Å². The highest BCUT2D eigenvalue weighted by Gasteiger charge is 2.17. The Bertz CT molecular complexity index is 554. The molecule has 94 valence electrons. The van der Waals surface area contributed by atoms with E-state index in [1.807, 2.05) is 23.7 Å². The molecule has 0 saturated heterocycles. The summed E-state index contributed by atoms with van der Waals surface area (Å²) in [7, 11) is 0. The molecular weight excluding hydrogens is 248 g/mol. The molecule has 4 nitrogen and oxygen atoms in total. The molecule has 2 aromatic rings. The van der Waals surface area contributed by atoms with E-state index < -0.39 is 0 Å². The monoisotopic (exact) mass is 262 g/mol. The molecule has 2 heterocycles. The highest BCUT2D eigenvalue weighted by atomic mass is 32.1. The lowest BCUT2D eigenvalue weighted by Gasteiger charge is -2.15. The minimum absolute atomic E-state index is 0.184. The van der Waals surface area contributed by atoms with Crippen molar-refractivity contribution in [3.8, 4) is 11.5 Å². The molecule has 1 aromatic heterocycles. The summed E-state index contributed by atoms with van der Waals surface area (Å²) in [6.07, 6.45) is 1.82. The van der Waals surface area contributed by atoms with Crippen LogP contribution in [0.4, 0.5) is 5.69 Å². The smallest absolute Gasteiger partial charge is 0.231 e. The fourth-order valence-electron chi connectivity index (χ4n) is 1.94. The van der Waals surface area contributed by atoms with Gasteiger partial charge in [-0.05, 0) is 25.5 Å². The van der Waals surface area contributed by atoms with Crippen LogP contribution in [-0.2, 0) is 0 Å². The van der Waals surface area contributed by atoms with Gasteiger partial charge in [-0.1, -0.05) is 0 Å². The first-order valence-corrected chi connectivity index (χ1v) is 6.68. The average molecular weight is 262 g/mol. The van der Waals surface area contributed by atoms with Gasteiger partial charge in [-0.3, -0.25) is 0 Å². The van der Waals surface area contributed by atoms with Crippen LogP contribution in [0.3, 0.4) is 0 Å². The SMILES string of the molecule is Cc1cc2c(cc1NC(C)c1nccs1)OCO2. The number of aryl methyl sites for hydroxylation is 1. The Morgan fingerprint density at radius 2 is 2.11 bits per heavy atom. The van der Waals surface area contributed by atoms with E-state index in [4.69, 9.17) is 9.47 Å². The van der Waals surface area contributed by atoms with E-state index in [1.54, 1.807) is 11.3 Å². The molecule has 1 aliphatic heterocycles. The van der Waals surface area contributed by atoms with E-state index in [9.17, 15) is 0 Å². The molecule has 1 aliphatic rings. The number of nitrogens with zero attached hydrogens (tertiary/aromatic N) is 1. The van der Waals surface area contributed by atoms with Gasteiger partial charge in [0.05, 0.1) is 6.04 Å². The van der Waals surface area contributed by atoms with Crippen molar-refractivity contribution in [2.24, 2.45) is 0 Å². The van der Waals surface area contributed by atoms with Crippen LogP contribution in [0.2, 0.25) is 0 Å². The maximum absolute atomic E-state index is 5.39. The predicted molar refractivity (Wildman–Crippen MR) is 71.5 cm³/mol. The van der Waals surface area contributed by atoms with Gasteiger partial charge >= 0.3 is 0 Å². The highest BCUT2D eigenvalue weighted by Crippen LogP contribution is 2.37. The number of hydrogen-bond acceptors (Lipinski definition) is 5. The molecule has 1 N–H and O–H groups in total. The van der Waals surface area contributed by atoms with E-state index in [0.29, 0.717) is 6.79 Å². The number of nitrogens with one attached hydrogen (secondary N) is 1. The van der Waals surface area contributed by atoms with Crippen molar-refractivity contribution in [1.82, 2.24) is 4.98 Å². The van der Waals surface area contributed by atoms with Crippen LogP contribution in [0.25, 0.3) is 0 Å². The van der Waals surface area contributed by atoms with Crippen molar-refractivity contribution in [2.45, 2.75) is 19.9 Å². The van der Waals surface area contributed by atoms with E-state index >= 15 is 0 Å². The van der Waals surface area contributed by atoms with E-state index in [-0.39, 0.29) is 6.04 Å². The normalized spacial score (nSPS) is 14.6. The minimum Gasteiger partial charge on any atom is -0.454 e. The predicted octanol–water partition coefficient (Wildman–Crippen LogP) is 3.35. The number of thiazole rings is 1. The van der Waals surface area contributed by atoms with Gasteiger partial charge in [0.15, 0.2) is 11.5 Å². The summed E-state index contributed by atoms with van der Waals surface area (Å²) < 4.78 is 10.7. The Morgan fingerprint density at radius 1 is 1.33 bits per heavy atom. The van der Waals surface area contributed by atoms with Gasteiger partial charge < -0.3 is 14.8 Å². The third-order valence-corrected chi connectivity index (χ3v) is 3.87.